The van der Waals surface area contributed by atoms with Crippen molar-refractivity contribution in [2.24, 2.45) is 5.92 Å². The van der Waals surface area contributed by atoms with Crippen molar-refractivity contribution in [1.29, 1.82) is 0 Å². The maximum atomic E-state index is 3.80. The van der Waals surface area contributed by atoms with Crippen LogP contribution in [0.4, 0.5) is 0 Å². The molecule has 1 atom stereocenters. The fourth-order valence-corrected chi connectivity index (χ4v) is 3.42. The van der Waals surface area contributed by atoms with Crippen LogP contribution in [0.15, 0.2) is 0 Å². The lowest BCUT2D eigenvalue weighted by molar-refractivity contribution is 0.164. The minimum absolute atomic E-state index is 0.427. The monoisotopic (exact) mass is 254 g/mol. The van der Waals surface area contributed by atoms with Crippen LogP contribution in [0.25, 0.3) is 0 Å². The van der Waals surface area contributed by atoms with Gasteiger partial charge in [0, 0.05) is 18.6 Å². The summed E-state index contributed by atoms with van der Waals surface area (Å²) in [6, 6.07) is 0. The van der Waals surface area contributed by atoms with Crippen LogP contribution >= 0.6 is 0 Å². The molecule has 2 nitrogen and oxygen atoms in total. The topological polar surface area (TPSA) is 15.3 Å². The van der Waals surface area contributed by atoms with Gasteiger partial charge in [0.1, 0.15) is 0 Å². The standard InChI is InChI=1S/C16H34N2/c1-5-10-16(11-9-12-17-16)14-18(8-4)13-15(6-2)7-3/h15,17H,5-14H2,1-4H3. The molecule has 1 saturated heterocycles. The number of rotatable bonds is 9. The van der Waals surface area contributed by atoms with Gasteiger partial charge < -0.3 is 10.2 Å². The zero-order valence-electron chi connectivity index (χ0n) is 13.1. The van der Waals surface area contributed by atoms with E-state index < -0.39 is 0 Å². The van der Waals surface area contributed by atoms with Gasteiger partial charge in [-0.15, -0.1) is 0 Å². The molecule has 1 heterocycles. The van der Waals surface area contributed by atoms with Crippen molar-refractivity contribution in [2.45, 2.75) is 71.8 Å². The zero-order valence-corrected chi connectivity index (χ0v) is 13.1. The summed E-state index contributed by atoms with van der Waals surface area (Å²) in [6.07, 6.45) is 8.02. The van der Waals surface area contributed by atoms with E-state index in [4.69, 9.17) is 0 Å². The second-order valence-corrected chi connectivity index (χ2v) is 6.07. The van der Waals surface area contributed by atoms with Crippen molar-refractivity contribution < 1.29 is 0 Å². The first-order valence-electron chi connectivity index (χ1n) is 8.17. The molecule has 1 rings (SSSR count). The molecule has 0 aromatic carbocycles. The molecule has 1 unspecified atom stereocenters. The van der Waals surface area contributed by atoms with Gasteiger partial charge in [-0.1, -0.05) is 47.0 Å². The summed E-state index contributed by atoms with van der Waals surface area (Å²) in [7, 11) is 0. The van der Waals surface area contributed by atoms with E-state index in [1.54, 1.807) is 0 Å². The van der Waals surface area contributed by atoms with Crippen molar-refractivity contribution >= 4 is 0 Å². The number of likely N-dealkylation sites (N-methyl/N-ethyl adjacent to an activating group) is 1. The predicted molar refractivity (Wildman–Crippen MR) is 81.1 cm³/mol. The Morgan fingerprint density at radius 3 is 2.33 bits per heavy atom. The summed E-state index contributed by atoms with van der Waals surface area (Å²) in [5.74, 6) is 0.880. The van der Waals surface area contributed by atoms with E-state index in [-0.39, 0.29) is 0 Å². The first-order valence-corrected chi connectivity index (χ1v) is 8.17. The second-order valence-electron chi connectivity index (χ2n) is 6.07. The van der Waals surface area contributed by atoms with E-state index in [1.807, 2.05) is 0 Å². The quantitative estimate of drug-likeness (QED) is 0.675. The van der Waals surface area contributed by atoms with Crippen molar-refractivity contribution in [3.63, 3.8) is 0 Å². The molecule has 0 aromatic rings. The molecule has 0 amide bonds. The summed E-state index contributed by atoms with van der Waals surface area (Å²) in [5.41, 5.74) is 0.427. The van der Waals surface area contributed by atoms with Crippen LogP contribution in [0.3, 0.4) is 0 Å². The third-order valence-corrected chi connectivity index (χ3v) is 4.71. The summed E-state index contributed by atoms with van der Waals surface area (Å²) >= 11 is 0. The highest BCUT2D eigenvalue weighted by Crippen LogP contribution is 2.26. The molecule has 0 spiro atoms. The highest BCUT2D eigenvalue weighted by molar-refractivity contribution is 4.95. The second kappa shape index (κ2) is 8.16. The van der Waals surface area contributed by atoms with E-state index in [9.17, 15) is 0 Å². The van der Waals surface area contributed by atoms with Crippen LogP contribution in [-0.2, 0) is 0 Å². The van der Waals surface area contributed by atoms with Crippen molar-refractivity contribution in [3.05, 3.63) is 0 Å². The molecule has 1 N–H and O–H groups in total. The van der Waals surface area contributed by atoms with Crippen LogP contribution in [-0.4, -0.2) is 36.6 Å². The van der Waals surface area contributed by atoms with E-state index in [1.165, 1.54) is 64.7 Å². The van der Waals surface area contributed by atoms with E-state index in [0.29, 0.717) is 5.54 Å². The van der Waals surface area contributed by atoms with E-state index in [0.717, 1.165) is 5.92 Å². The molecule has 1 aliphatic rings. The highest BCUT2D eigenvalue weighted by Gasteiger charge is 2.34. The van der Waals surface area contributed by atoms with Gasteiger partial charge in [-0.2, -0.15) is 0 Å². The summed E-state index contributed by atoms with van der Waals surface area (Å²) in [6.45, 7) is 14.3. The number of hydrogen-bond acceptors (Lipinski definition) is 2. The van der Waals surface area contributed by atoms with Gasteiger partial charge in [-0.3, -0.25) is 0 Å². The third kappa shape index (κ3) is 4.55. The molecule has 0 aromatic heterocycles. The fourth-order valence-electron chi connectivity index (χ4n) is 3.42. The minimum Gasteiger partial charge on any atom is -0.310 e. The van der Waals surface area contributed by atoms with Gasteiger partial charge in [-0.05, 0) is 38.3 Å². The van der Waals surface area contributed by atoms with Crippen LogP contribution < -0.4 is 5.32 Å². The highest BCUT2D eigenvalue weighted by atomic mass is 15.2. The minimum atomic E-state index is 0.427. The summed E-state index contributed by atoms with van der Waals surface area (Å²) in [4.78, 5) is 2.69. The van der Waals surface area contributed by atoms with Crippen molar-refractivity contribution in [1.82, 2.24) is 10.2 Å². The molecule has 108 valence electrons. The average Bonchev–Trinajstić information content (AvgIpc) is 2.83. The Hall–Kier alpha value is -0.0800. The SMILES string of the molecule is CCCC1(CN(CC)CC(CC)CC)CCCN1. The fraction of sp³-hybridized carbons (Fsp3) is 1.00. The Morgan fingerprint density at radius 1 is 1.17 bits per heavy atom. The third-order valence-electron chi connectivity index (χ3n) is 4.71. The summed E-state index contributed by atoms with van der Waals surface area (Å²) < 4.78 is 0. The van der Waals surface area contributed by atoms with Crippen LogP contribution in [0.1, 0.15) is 66.2 Å². The summed E-state index contributed by atoms with van der Waals surface area (Å²) in [5, 5.41) is 3.80. The Kier molecular flexibility index (Phi) is 7.25. The Morgan fingerprint density at radius 2 is 1.89 bits per heavy atom. The Balaban J connectivity index is 2.53. The Bertz CT molecular complexity index is 205. The maximum Gasteiger partial charge on any atom is 0.0309 e. The molecule has 18 heavy (non-hydrogen) atoms. The van der Waals surface area contributed by atoms with E-state index in [2.05, 4.69) is 37.9 Å². The van der Waals surface area contributed by atoms with Crippen LogP contribution in [0.2, 0.25) is 0 Å². The molecule has 0 saturated carbocycles. The van der Waals surface area contributed by atoms with Crippen molar-refractivity contribution in [3.8, 4) is 0 Å². The number of nitrogens with one attached hydrogen (secondary N) is 1. The first-order chi connectivity index (χ1) is 8.69. The largest absolute Gasteiger partial charge is 0.310 e. The normalized spacial score (nSPS) is 24.3. The predicted octanol–water partition coefficient (Wildman–Crippen LogP) is 3.67. The van der Waals surface area contributed by atoms with Gasteiger partial charge >= 0.3 is 0 Å². The molecular weight excluding hydrogens is 220 g/mol. The van der Waals surface area contributed by atoms with Gasteiger partial charge in [0.05, 0.1) is 0 Å². The molecular formula is C16H34N2. The lowest BCUT2D eigenvalue weighted by atomic mass is 9.90. The average molecular weight is 254 g/mol. The van der Waals surface area contributed by atoms with Gasteiger partial charge in [0.25, 0.3) is 0 Å². The molecule has 0 radical (unpaired) electrons. The lowest BCUT2D eigenvalue weighted by Gasteiger charge is -2.36. The van der Waals surface area contributed by atoms with Gasteiger partial charge in [-0.25, -0.2) is 0 Å². The number of hydrogen-bond donors (Lipinski definition) is 1. The smallest absolute Gasteiger partial charge is 0.0309 e. The molecule has 1 fully saturated rings. The Labute approximate surface area is 115 Å². The molecule has 1 aliphatic heterocycles. The van der Waals surface area contributed by atoms with Crippen molar-refractivity contribution in [2.75, 3.05) is 26.2 Å². The number of nitrogens with zero attached hydrogens (tertiary/aromatic N) is 1. The van der Waals surface area contributed by atoms with Gasteiger partial charge in [0.2, 0.25) is 0 Å². The van der Waals surface area contributed by atoms with Crippen LogP contribution in [0.5, 0.6) is 0 Å². The zero-order chi connectivity index (χ0) is 13.4. The van der Waals surface area contributed by atoms with Gasteiger partial charge in [0.15, 0.2) is 0 Å². The lowest BCUT2D eigenvalue weighted by Crippen LogP contribution is -2.50. The van der Waals surface area contributed by atoms with E-state index >= 15 is 0 Å². The van der Waals surface area contributed by atoms with Crippen LogP contribution in [0, 0.1) is 5.92 Å². The maximum absolute atomic E-state index is 3.80. The first kappa shape index (κ1) is 16.0. The molecule has 2 heteroatoms. The molecule has 0 aliphatic carbocycles. The molecule has 0 bridgehead atoms.